The zero-order valence-electron chi connectivity index (χ0n) is 14.0. The molecule has 1 amide bonds. The number of carbonyl (C=O) groups is 1. The van der Waals surface area contributed by atoms with Gasteiger partial charge < -0.3 is 9.42 Å². The molecule has 1 aromatic carbocycles. The number of benzene rings is 1. The molecule has 0 saturated carbocycles. The standard InChI is InChI=1S/C18H19F3N2O2/c1-11(2)16-10-14(22-25-16)15-7-4-8-23(15)17(24)12-5-3-6-13(9-12)18(19,20)21/h3,5-6,9-11,15H,4,7-8H2,1-2H3. The van der Waals surface area contributed by atoms with Crippen LogP contribution in [0.5, 0.6) is 0 Å². The molecule has 134 valence electrons. The molecule has 2 aromatic rings. The van der Waals surface area contributed by atoms with E-state index in [4.69, 9.17) is 4.52 Å². The Kier molecular flexibility index (Phi) is 4.58. The van der Waals surface area contributed by atoms with Gasteiger partial charge in [0, 0.05) is 24.1 Å². The third-order valence-corrected chi connectivity index (χ3v) is 4.41. The predicted octanol–water partition coefficient (Wildman–Crippen LogP) is 4.79. The third kappa shape index (κ3) is 3.55. The number of hydrogen-bond donors (Lipinski definition) is 0. The van der Waals surface area contributed by atoms with E-state index >= 15 is 0 Å². The molecule has 0 N–H and O–H groups in total. The highest BCUT2D eigenvalue weighted by molar-refractivity contribution is 5.94. The fourth-order valence-electron chi connectivity index (χ4n) is 3.04. The lowest BCUT2D eigenvalue weighted by atomic mass is 10.1. The van der Waals surface area contributed by atoms with Gasteiger partial charge >= 0.3 is 6.18 Å². The first-order valence-corrected chi connectivity index (χ1v) is 8.22. The Hall–Kier alpha value is -2.31. The molecular formula is C18H19F3N2O2. The molecule has 0 spiro atoms. The van der Waals surface area contributed by atoms with E-state index in [9.17, 15) is 18.0 Å². The average molecular weight is 352 g/mol. The molecule has 1 saturated heterocycles. The first-order valence-electron chi connectivity index (χ1n) is 8.22. The lowest BCUT2D eigenvalue weighted by molar-refractivity contribution is -0.137. The maximum Gasteiger partial charge on any atom is 0.416 e. The van der Waals surface area contributed by atoms with Gasteiger partial charge in [-0.3, -0.25) is 4.79 Å². The Morgan fingerprint density at radius 2 is 2.08 bits per heavy atom. The summed E-state index contributed by atoms with van der Waals surface area (Å²) in [6, 6.07) is 6.10. The molecule has 1 aromatic heterocycles. The number of carbonyl (C=O) groups excluding carboxylic acids is 1. The predicted molar refractivity (Wildman–Crippen MR) is 85.0 cm³/mol. The average Bonchev–Trinajstić information content (AvgIpc) is 3.22. The van der Waals surface area contributed by atoms with Gasteiger partial charge in [-0.25, -0.2) is 0 Å². The van der Waals surface area contributed by atoms with Crippen LogP contribution in [0.25, 0.3) is 0 Å². The van der Waals surface area contributed by atoms with E-state index in [0.29, 0.717) is 12.2 Å². The summed E-state index contributed by atoms with van der Waals surface area (Å²) in [6.45, 7) is 4.44. The molecular weight excluding hydrogens is 333 g/mol. The Morgan fingerprint density at radius 3 is 2.72 bits per heavy atom. The molecule has 1 fully saturated rings. The summed E-state index contributed by atoms with van der Waals surface area (Å²) in [7, 11) is 0. The minimum Gasteiger partial charge on any atom is -0.361 e. The summed E-state index contributed by atoms with van der Waals surface area (Å²) >= 11 is 0. The van der Waals surface area contributed by atoms with E-state index in [1.54, 1.807) is 4.90 Å². The van der Waals surface area contributed by atoms with Crippen LogP contribution in [-0.2, 0) is 6.18 Å². The third-order valence-electron chi connectivity index (χ3n) is 4.41. The van der Waals surface area contributed by atoms with Gasteiger partial charge in [-0.2, -0.15) is 13.2 Å². The number of amides is 1. The van der Waals surface area contributed by atoms with Crippen molar-refractivity contribution in [2.24, 2.45) is 0 Å². The van der Waals surface area contributed by atoms with Crippen molar-refractivity contribution in [3.63, 3.8) is 0 Å². The van der Waals surface area contributed by atoms with Gasteiger partial charge in [-0.05, 0) is 31.0 Å². The zero-order valence-corrected chi connectivity index (χ0v) is 14.0. The Labute approximate surface area is 143 Å². The van der Waals surface area contributed by atoms with Crippen molar-refractivity contribution in [3.8, 4) is 0 Å². The van der Waals surface area contributed by atoms with Crippen LogP contribution in [0.15, 0.2) is 34.9 Å². The van der Waals surface area contributed by atoms with Crippen LogP contribution < -0.4 is 0 Å². The van der Waals surface area contributed by atoms with E-state index < -0.39 is 17.6 Å². The van der Waals surface area contributed by atoms with Gasteiger partial charge in [-0.1, -0.05) is 25.1 Å². The molecule has 1 aliphatic rings. The highest BCUT2D eigenvalue weighted by Crippen LogP contribution is 2.35. The lowest BCUT2D eigenvalue weighted by Crippen LogP contribution is -2.31. The summed E-state index contributed by atoms with van der Waals surface area (Å²) in [5.74, 6) is 0.492. The fraction of sp³-hybridized carbons (Fsp3) is 0.444. The Bertz CT molecular complexity index is 768. The summed E-state index contributed by atoms with van der Waals surface area (Å²) in [5.41, 5.74) is -0.131. The van der Waals surface area contributed by atoms with Gasteiger partial charge in [-0.15, -0.1) is 0 Å². The molecule has 1 unspecified atom stereocenters. The summed E-state index contributed by atoms with van der Waals surface area (Å²) < 4.78 is 43.9. The number of alkyl halides is 3. The van der Waals surface area contributed by atoms with Gasteiger partial charge in [0.1, 0.15) is 11.5 Å². The van der Waals surface area contributed by atoms with Crippen LogP contribution in [-0.4, -0.2) is 22.5 Å². The SMILES string of the molecule is CC(C)c1cc(C2CCCN2C(=O)c2cccc(C(F)(F)F)c2)no1. The van der Waals surface area contributed by atoms with Crippen LogP contribution in [0.3, 0.4) is 0 Å². The molecule has 0 aliphatic carbocycles. The topological polar surface area (TPSA) is 46.3 Å². The van der Waals surface area contributed by atoms with Crippen molar-refractivity contribution in [1.82, 2.24) is 10.1 Å². The Balaban J connectivity index is 1.86. The van der Waals surface area contributed by atoms with Gasteiger partial charge in [0.05, 0.1) is 11.6 Å². The first-order chi connectivity index (χ1) is 11.8. The second-order valence-electron chi connectivity index (χ2n) is 6.54. The van der Waals surface area contributed by atoms with E-state index in [2.05, 4.69) is 5.16 Å². The molecule has 0 bridgehead atoms. The zero-order chi connectivity index (χ0) is 18.2. The van der Waals surface area contributed by atoms with E-state index in [1.807, 2.05) is 19.9 Å². The molecule has 7 heteroatoms. The molecule has 25 heavy (non-hydrogen) atoms. The number of halogens is 3. The van der Waals surface area contributed by atoms with E-state index in [1.165, 1.54) is 12.1 Å². The largest absolute Gasteiger partial charge is 0.416 e. The first kappa shape index (κ1) is 17.5. The monoisotopic (exact) mass is 352 g/mol. The highest BCUT2D eigenvalue weighted by atomic mass is 19.4. The van der Waals surface area contributed by atoms with E-state index in [-0.39, 0.29) is 17.5 Å². The van der Waals surface area contributed by atoms with Crippen LogP contribution in [0.1, 0.15) is 66.0 Å². The maximum absolute atomic E-state index is 12.9. The Morgan fingerprint density at radius 1 is 1.32 bits per heavy atom. The summed E-state index contributed by atoms with van der Waals surface area (Å²) in [4.78, 5) is 14.3. The van der Waals surface area contributed by atoms with Crippen molar-refractivity contribution in [2.45, 2.75) is 44.8 Å². The maximum atomic E-state index is 12.9. The minimum atomic E-state index is -4.47. The normalized spacial score (nSPS) is 18.2. The van der Waals surface area contributed by atoms with Crippen molar-refractivity contribution in [2.75, 3.05) is 6.54 Å². The number of aromatic nitrogens is 1. The molecule has 3 rings (SSSR count). The lowest BCUT2D eigenvalue weighted by Gasteiger charge is -2.23. The summed E-state index contributed by atoms with van der Waals surface area (Å²) in [6.07, 6.45) is -2.98. The molecule has 4 nitrogen and oxygen atoms in total. The van der Waals surface area contributed by atoms with Gasteiger partial charge in [0.15, 0.2) is 0 Å². The number of hydrogen-bond acceptors (Lipinski definition) is 3. The van der Waals surface area contributed by atoms with Crippen LogP contribution >= 0.6 is 0 Å². The second kappa shape index (κ2) is 6.54. The van der Waals surface area contributed by atoms with Crippen LogP contribution in [0, 0.1) is 0 Å². The fourth-order valence-corrected chi connectivity index (χ4v) is 3.04. The number of nitrogens with zero attached hydrogens (tertiary/aromatic N) is 2. The van der Waals surface area contributed by atoms with E-state index in [0.717, 1.165) is 30.7 Å². The number of rotatable bonds is 3. The molecule has 1 aliphatic heterocycles. The van der Waals surface area contributed by atoms with Crippen molar-refractivity contribution in [1.29, 1.82) is 0 Å². The van der Waals surface area contributed by atoms with Crippen molar-refractivity contribution in [3.05, 3.63) is 52.9 Å². The van der Waals surface area contributed by atoms with Crippen LogP contribution in [0.4, 0.5) is 13.2 Å². The number of likely N-dealkylation sites (tertiary alicyclic amines) is 1. The molecule has 2 heterocycles. The van der Waals surface area contributed by atoms with Gasteiger partial charge in [0.25, 0.3) is 5.91 Å². The second-order valence-corrected chi connectivity index (χ2v) is 6.54. The quantitative estimate of drug-likeness (QED) is 0.797. The highest BCUT2D eigenvalue weighted by Gasteiger charge is 2.35. The van der Waals surface area contributed by atoms with Gasteiger partial charge in [0.2, 0.25) is 0 Å². The summed E-state index contributed by atoms with van der Waals surface area (Å²) in [5, 5.41) is 4.05. The minimum absolute atomic E-state index is 0.0364. The smallest absolute Gasteiger partial charge is 0.361 e. The van der Waals surface area contributed by atoms with Crippen molar-refractivity contribution < 1.29 is 22.5 Å². The molecule has 1 atom stereocenters. The van der Waals surface area contributed by atoms with Crippen LogP contribution in [0.2, 0.25) is 0 Å². The molecule has 0 radical (unpaired) electrons. The van der Waals surface area contributed by atoms with Crippen molar-refractivity contribution >= 4 is 5.91 Å².